The molecule has 1 saturated heterocycles. The summed E-state index contributed by atoms with van der Waals surface area (Å²) in [7, 11) is 0. The van der Waals surface area contributed by atoms with E-state index in [0.717, 1.165) is 57.2 Å². The third kappa shape index (κ3) is 3.52. The van der Waals surface area contributed by atoms with Crippen molar-refractivity contribution in [1.82, 2.24) is 15.5 Å². The number of carbonyl (C=O) groups is 1. The van der Waals surface area contributed by atoms with Gasteiger partial charge in [0.05, 0.1) is 0 Å². The summed E-state index contributed by atoms with van der Waals surface area (Å²) < 4.78 is 5.94. The van der Waals surface area contributed by atoms with Crippen LogP contribution in [0.3, 0.4) is 0 Å². The van der Waals surface area contributed by atoms with Crippen LogP contribution in [0.2, 0.25) is 0 Å². The smallest absolute Gasteiger partial charge is 0.318 e. The highest BCUT2D eigenvalue weighted by molar-refractivity contribution is 5.79. The Hall–Kier alpha value is -2.37. The molecule has 1 amide bonds. The Bertz CT molecular complexity index is 703. The van der Waals surface area contributed by atoms with Crippen molar-refractivity contribution >= 4 is 11.9 Å². The van der Waals surface area contributed by atoms with E-state index in [1.807, 2.05) is 30.3 Å². The molecule has 6 heteroatoms. The van der Waals surface area contributed by atoms with E-state index >= 15 is 0 Å². The van der Waals surface area contributed by atoms with Crippen LogP contribution in [0.25, 0.3) is 0 Å². The van der Waals surface area contributed by atoms with E-state index in [2.05, 4.69) is 20.4 Å². The van der Waals surface area contributed by atoms with E-state index in [1.54, 1.807) is 0 Å². The lowest BCUT2D eigenvalue weighted by Gasteiger charge is -2.18. The summed E-state index contributed by atoms with van der Waals surface area (Å²) in [6.07, 6.45) is 6.50. The van der Waals surface area contributed by atoms with E-state index in [4.69, 9.17) is 4.42 Å². The first-order chi connectivity index (χ1) is 12.3. The van der Waals surface area contributed by atoms with Crippen LogP contribution in [0.1, 0.15) is 56.0 Å². The van der Waals surface area contributed by atoms with Gasteiger partial charge >= 0.3 is 6.01 Å². The van der Waals surface area contributed by atoms with Gasteiger partial charge in [0.15, 0.2) is 0 Å². The molecule has 1 unspecified atom stereocenters. The molecule has 0 radical (unpaired) electrons. The fraction of sp³-hybridized carbons (Fsp3) is 0.526. The summed E-state index contributed by atoms with van der Waals surface area (Å²) in [5, 5.41) is 11.6. The van der Waals surface area contributed by atoms with E-state index in [9.17, 15) is 4.79 Å². The normalized spacial score (nSPS) is 19.3. The van der Waals surface area contributed by atoms with Crippen molar-refractivity contribution in [1.29, 1.82) is 0 Å². The largest absolute Gasteiger partial charge is 0.405 e. The first-order valence-electron chi connectivity index (χ1n) is 9.25. The van der Waals surface area contributed by atoms with Gasteiger partial charge in [0.2, 0.25) is 11.8 Å². The maximum Gasteiger partial charge on any atom is 0.318 e. The lowest BCUT2D eigenvalue weighted by molar-refractivity contribution is -0.125. The molecule has 2 heterocycles. The highest BCUT2D eigenvalue weighted by Crippen LogP contribution is 2.29. The molecule has 25 heavy (non-hydrogen) atoms. The molecule has 132 valence electrons. The van der Waals surface area contributed by atoms with Gasteiger partial charge in [0.1, 0.15) is 6.04 Å². The van der Waals surface area contributed by atoms with E-state index in [1.165, 1.54) is 0 Å². The summed E-state index contributed by atoms with van der Waals surface area (Å²) in [5.41, 5.74) is 0.963. The number of amides is 1. The second kappa shape index (κ2) is 7.25. The van der Waals surface area contributed by atoms with Gasteiger partial charge in [-0.1, -0.05) is 48.3 Å². The number of carbonyl (C=O) groups excluding carboxylic acids is 1. The van der Waals surface area contributed by atoms with Gasteiger partial charge in [-0.05, 0) is 31.2 Å². The van der Waals surface area contributed by atoms with E-state index in [0.29, 0.717) is 11.9 Å². The molecule has 1 N–H and O–H groups in total. The molecule has 4 rings (SSSR count). The SMILES string of the molecule is O=C(NC(c1ccccc1)c1nnc(N2CCCC2)o1)C1CCCC1. The van der Waals surface area contributed by atoms with Gasteiger partial charge in [-0.2, -0.15) is 0 Å². The quantitative estimate of drug-likeness (QED) is 0.906. The van der Waals surface area contributed by atoms with Crippen molar-refractivity contribution in [2.24, 2.45) is 5.92 Å². The first kappa shape index (κ1) is 16.1. The molecule has 2 fully saturated rings. The number of hydrogen-bond acceptors (Lipinski definition) is 5. The second-order valence-electron chi connectivity index (χ2n) is 6.95. The maximum absolute atomic E-state index is 12.7. The number of hydrogen-bond donors (Lipinski definition) is 1. The third-order valence-corrected chi connectivity index (χ3v) is 5.20. The zero-order valence-corrected chi connectivity index (χ0v) is 14.4. The Balaban J connectivity index is 1.57. The molecule has 6 nitrogen and oxygen atoms in total. The summed E-state index contributed by atoms with van der Waals surface area (Å²) in [6, 6.07) is 10.0. The van der Waals surface area contributed by atoms with Crippen molar-refractivity contribution in [3.63, 3.8) is 0 Å². The van der Waals surface area contributed by atoms with Crippen LogP contribution in [0.4, 0.5) is 6.01 Å². The van der Waals surface area contributed by atoms with Crippen LogP contribution < -0.4 is 10.2 Å². The van der Waals surface area contributed by atoms with E-state index < -0.39 is 6.04 Å². The van der Waals surface area contributed by atoms with Crippen LogP contribution in [0.15, 0.2) is 34.7 Å². The molecule has 1 aromatic heterocycles. The maximum atomic E-state index is 12.7. The van der Waals surface area contributed by atoms with Crippen LogP contribution in [0, 0.1) is 5.92 Å². The zero-order chi connectivity index (χ0) is 17.1. The molecule has 1 aromatic carbocycles. The summed E-state index contributed by atoms with van der Waals surface area (Å²) in [4.78, 5) is 14.8. The molecule has 1 atom stereocenters. The lowest BCUT2D eigenvalue weighted by Crippen LogP contribution is -2.33. The van der Waals surface area contributed by atoms with Gasteiger partial charge in [-0.25, -0.2) is 0 Å². The molecule has 1 aliphatic carbocycles. The van der Waals surface area contributed by atoms with Crippen molar-refractivity contribution in [3.8, 4) is 0 Å². The number of benzene rings is 1. The second-order valence-corrected chi connectivity index (χ2v) is 6.95. The molecular weight excluding hydrogens is 316 g/mol. The monoisotopic (exact) mass is 340 g/mol. The zero-order valence-electron chi connectivity index (χ0n) is 14.4. The molecular formula is C19H24N4O2. The Morgan fingerprint density at radius 2 is 1.80 bits per heavy atom. The minimum Gasteiger partial charge on any atom is -0.405 e. The standard InChI is InChI=1S/C19H24N4O2/c24-17(15-10-4-5-11-15)20-16(14-8-2-1-3-9-14)18-21-22-19(25-18)23-12-6-7-13-23/h1-3,8-9,15-16H,4-7,10-13H2,(H,20,24). The van der Waals surface area contributed by atoms with Crippen molar-refractivity contribution < 1.29 is 9.21 Å². The van der Waals surface area contributed by atoms with Crippen LogP contribution in [-0.2, 0) is 4.79 Å². The fourth-order valence-electron chi connectivity index (χ4n) is 3.76. The van der Waals surface area contributed by atoms with Gasteiger partial charge in [-0.15, -0.1) is 5.10 Å². The lowest BCUT2D eigenvalue weighted by atomic mass is 10.0. The fourth-order valence-corrected chi connectivity index (χ4v) is 3.76. The minimum atomic E-state index is -0.391. The summed E-state index contributed by atoms with van der Waals surface area (Å²) >= 11 is 0. The molecule has 2 aromatic rings. The van der Waals surface area contributed by atoms with Crippen LogP contribution >= 0.6 is 0 Å². The Kier molecular flexibility index (Phi) is 4.68. The van der Waals surface area contributed by atoms with Crippen molar-refractivity contribution in [2.75, 3.05) is 18.0 Å². The average molecular weight is 340 g/mol. The molecule has 0 bridgehead atoms. The number of nitrogens with one attached hydrogen (secondary N) is 1. The number of nitrogens with zero attached hydrogens (tertiary/aromatic N) is 3. The Morgan fingerprint density at radius 3 is 2.52 bits per heavy atom. The van der Waals surface area contributed by atoms with Crippen LogP contribution in [0.5, 0.6) is 0 Å². The topological polar surface area (TPSA) is 71.3 Å². The molecule has 1 aliphatic heterocycles. The summed E-state index contributed by atoms with van der Waals surface area (Å²) in [6.45, 7) is 1.90. The molecule has 1 saturated carbocycles. The molecule has 2 aliphatic rings. The Morgan fingerprint density at radius 1 is 1.08 bits per heavy atom. The molecule has 0 spiro atoms. The third-order valence-electron chi connectivity index (χ3n) is 5.20. The van der Waals surface area contributed by atoms with Gasteiger partial charge in [0.25, 0.3) is 0 Å². The van der Waals surface area contributed by atoms with Crippen molar-refractivity contribution in [2.45, 2.75) is 44.6 Å². The number of anilines is 1. The average Bonchev–Trinajstić information content (AvgIpc) is 3.42. The first-order valence-corrected chi connectivity index (χ1v) is 9.25. The highest BCUT2D eigenvalue weighted by Gasteiger charge is 2.29. The van der Waals surface area contributed by atoms with Crippen molar-refractivity contribution in [3.05, 3.63) is 41.8 Å². The Labute approximate surface area is 147 Å². The van der Waals surface area contributed by atoms with Gasteiger partial charge in [0, 0.05) is 19.0 Å². The van der Waals surface area contributed by atoms with Crippen LogP contribution in [-0.4, -0.2) is 29.2 Å². The predicted molar refractivity (Wildman–Crippen MR) is 94.1 cm³/mol. The summed E-state index contributed by atoms with van der Waals surface area (Å²) in [5.74, 6) is 0.652. The predicted octanol–water partition coefficient (Wildman–Crippen LogP) is 3.07. The number of rotatable bonds is 5. The minimum absolute atomic E-state index is 0.0901. The number of aromatic nitrogens is 2. The van der Waals surface area contributed by atoms with Gasteiger partial charge < -0.3 is 14.6 Å². The van der Waals surface area contributed by atoms with E-state index in [-0.39, 0.29) is 11.8 Å². The highest BCUT2D eigenvalue weighted by atomic mass is 16.4. The van der Waals surface area contributed by atoms with Gasteiger partial charge in [-0.3, -0.25) is 4.79 Å².